The molecule has 0 bridgehead atoms. The Bertz CT molecular complexity index is 1140. The van der Waals surface area contributed by atoms with Crippen LogP contribution in [0.4, 0.5) is 0 Å². The third kappa shape index (κ3) is 3.89. The lowest BCUT2D eigenvalue weighted by Crippen LogP contribution is -2.12. The second kappa shape index (κ2) is 7.72. The maximum Gasteiger partial charge on any atom is 0.232 e. The fourth-order valence-corrected chi connectivity index (χ4v) is 3.31. The molecule has 4 rings (SSSR count). The number of aryl methyl sites for hydroxylation is 1. The fraction of sp³-hybridized carbons (Fsp3) is 0.130. The summed E-state index contributed by atoms with van der Waals surface area (Å²) in [6, 6.07) is 14.0. The lowest BCUT2D eigenvalue weighted by Gasteiger charge is -2.11. The summed E-state index contributed by atoms with van der Waals surface area (Å²) in [5.74, 6) is 2.09. The Hall–Kier alpha value is -3.12. The van der Waals surface area contributed by atoms with E-state index in [2.05, 4.69) is 15.9 Å². The lowest BCUT2D eigenvalue weighted by molar-refractivity contribution is 0.0920. The molecule has 0 N–H and O–H groups in total. The van der Waals surface area contributed by atoms with Gasteiger partial charge in [-0.05, 0) is 50.2 Å². The predicted molar refractivity (Wildman–Crippen MR) is 112 cm³/mol. The maximum atomic E-state index is 12.6. The molecule has 2 aromatic carbocycles. The molecule has 146 valence electrons. The average molecular weight is 453 g/mol. The molecule has 0 atom stereocenters. The first-order valence-electron chi connectivity index (χ1n) is 8.98. The van der Waals surface area contributed by atoms with E-state index in [4.69, 9.17) is 13.9 Å². The Morgan fingerprint density at radius 3 is 2.52 bits per heavy atom. The summed E-state index contributed by atoms with van der Waals surface area (Å²) in [4.78, 5) is 25.0. The molecule has 1 aromatic heterocycles. The highest BCUT2D eigenvalue weighted by molar-refractivity contribution is 9.10. The summed E-state index contributed by atoms with van der Waals surface area (Å²) in [7, 11) is 0. The van der Waals surface area contributed by atoms with E-state index in [0.29, 0.717) is 33.9 Å². The summed E-state index contributed by atoms with van der Waals surface area (Å²) in [6.45, 7) is 3.52. The molecule has 0 radical (unpaired) electrons. The van der Waals surface area contributed by atoms with Crippen LogP contribution in [0.25, 0.3) is 6.08 Å². The minimum Gasteiger partial charge on any atom is -0.485 e. The zero-order chi connectivity index (χ0) is 20.5. The first-order valence-corrected chi connectivity index (χ1v) is 9.77. The molecule has 5 nitrogen and oxygen atoms in total. The van der Waals surface area contributed by atoms with Crippen molar-refractivity contribution in [1.29, 1.82) is 0 Å². The number of halogens is 1. The van der Waals surface area contributed by atoms with Gasteiger partial charge in [-0.15, -0.1) is 0 Å². The third-order valence-electron chi connectivity index (χ3n) is 4.60. The van der Waals surface area contributed by atoms with Crippen LogP contribution in [0.5, 0.6) is 11.5 Å². The van der Waals surface area contributed by atoms with Crippen molar-refractivity contribution in [3.63, 3.8) is 0 Å². The molecule has 2 heterocycles. The van der Waals surface area contributed by atoms with Crippen LogP contribution in [0.2, 0.25) is 0 Å². The van der Waals surface area contributed by atoms with E-state index in [1.807, 2.05) is 25.1 Å². The molecule has 1 aliphatic rings. The van der Waals surface area contributed by atoms with Gasteiger partial charge in [0, 0.05) is 21.7 Å². The van der Waals surface area contributed by atoms with Crippen LogP contribution in [-0.2, 0) is 0 Å². The topological polar surface area (TPSA) is 65.7 Å². The molecule has 6 heteroatoms. The summed E-state index contributed by atoms with van der Waals surface area (Å²) in [5.41, 5.74) is 1.69. The quantitative estimate of drug-likeness (QED) is 0.375. The Labute approximate surface area is 176 Å². The molecule has 1 aliphatic heterocycles. The highest BCUT2D eigenvalue weighted by atomic mass is 79.9. The third-order valence-corrected chi connectivity index (χ3v) is 5.12. The molecule has 0 fully saturated rings. The number of furan rings is 1. The van der Waals surface area contributed by atoms with Gasteiger partial charge in [0.2, 0.25) is 5.78 Å². The Kier molecular flexibility index (Phi) is 5.11. The Morgan fingerprint density at radius 1 is 1.07 bits per heavy atom. The molecule has 0 saturated heterocycles. The van der Waals surface area contributed by atoms with Crippen molar-refractivity contribution in [1.82, 2.24) is 0 Å². The van der Waals surface area contributed by atoms with Crippen molar-refractivity contribution in [3.8, 4) is 11.5 Å². The van der Waals surface area contributed by atoms with Gasteiger partial charge in [-0.25, -0.2) is 0 Å². The van der Waals surface area contributed by atoms with Gasteiger partial charge in [0.05, 0.1) is 5.56 Å². The number of carbonyl (C=O) groups is 2. The fourth-order valence-electron chi connectivity index (χ4n) is 3.05. The number of ether oxygens (including phenoxy) is 2. The van der Waals surface area contributed by atoms with Crippen LogP contribution in [-0.4, -0.2) is 18.2 Å². The van der Waals surface area contributed by atoms with Gasteiger partial charge in [-0.2, -0.15) is 0 Å². The highest BCUT2D eigenvalue weighted by Gasteiger charge is 2.30. The van der Waals surface area contributed by atoms with Gasteiger partial charge in [0.1, 0.15) is 23.0 Å². The lowest BCUT2D eigenvalue weighted by atomic mass is 10.1. The Morgan fingerprint density at radius 2 is 1.83 bits per heavy atom. The number of rotatable bonds is 5. The number of hydrogen-bond donors (Lipinski definition) is 0. The van der Waals surface area contributed by atoms with Gasteiger partial charge in [0.25, 0.3) is 0 Å². The number of allylic oxidation sites excluding steroid dienone is 1. The average Bonchev–Trinajstić information content (AvgIpc) is 3.26. The van der Waals surface area contributed by atoms with E-state index in [1.54, 1.807) is 43.3 Å². The van der Waals surface area contributed by atoms with E-state index in [9.17, 15) is 9.59 Å². The van der Waals surface area contributed by atoms with Crippen LogP contribution >= 0.6 is 15.9 Å². The predicted octanol–water partition coefficient (Wildman–Crippen LogP) is 5.54. The standard InChI is InChI=1S/C23H17BrO5/c1-13-3-8-17(28-13)11-21-22(26)18-9-10-20(14(2)23(18)29-21)27-12-19(25)15-4-6-16(24)7-5-15/h3-11H,12H2,1-2H3/b21-11-. The number of carbonyl (C=O) groups excluding carboxylic acids is 2. The van der Waals surface area contributed by atoms with Crippen molar-refractivity contribution in [2.45, 2.75) is 13.8 Å². The molecule has 0 unspecified atom stereocenters. The second-order valence-electron chi connectivity index (χ2n) is 6.67. The van der Waals surface area contributed by atoms with E-state index in [-0.39, 0.29) is 23.9 Å². The van der Waals surface area contributed by atoms with Crippen molar-refractivity contribution < 1.29 is 23.5 Å². The second-order valence-corrected chi connectivity index (χ2v) is 7.59. The SMILES string of the molecule is Cc1ccc(/C=C2\Oc3c(ccc(OCC(=O)c4ccc(Br)cc4)c3C)C2=O)o1. The molecule has 0 spiro atoms. The van der Waals surface area contributed by atoms with Gasteiger partial charge >= 0.3 is 0 Å². The van der Waals surface area contributed by atoms with E-state index < -0.39 is 0 Å². The van der Waals surface area contributed by atoms with Crippen molar-refractivity contribution in [3.05, 3.63) is 87.0 Å². The zero-order valence-electron chi connectivity index (χ0n) is 15.8. The Balaban J connectivity index is 1.52. The van der Waals surface area contributed by atoms with E-state index in [0.717, 1.165) is 10.2 Å². The van der Waals surface area contributed by atoms with Crippen molar-refractivity contribution in [2.75, 3.05) is 6.61 Å². The molecule has 29 heavy (non-hydrogen) atoms. The van der Waals surface area contributed by atoms with E-state index >= 15 is 0 Å². The molecule has 3 aromatic rings. The largest absolute Gasteiger partial charge is 0.485 e. The molecular weight excluding hydrogens is 436 g/mol. The van der Waals surface area contributed by atoms with Gasteiger partial charge in [-0.3, -0.25) is 9.59 Å². The highest BCUT2D eigenvalue weighted by Crippen LogP contribution is 2.39. The first kappa shape index (κ1) is 19.2. The smallest absolute Gasteiger partial charge is 0.232 e. The van der Waals surface area contributed by atoms with Crippen LogP contribution < -0.4 is 9.47 Å². The molecular formula is C23H17BrO5. The number of hydrogen-bond acceptors (Lipinski definition) is 5. The zero-order valence-corrected chi connectivity index (χ0v) is 17.4. The summed E-state index contributed by atoms with van der Waals surface area (Å²) >= 11 is 3.35. The summed E-state index contributed by atoms with van der Waals surface area (Å²) in [5, 5.41) is 0. The maximum absolute atomic E-state index is 12.6. The minimum absolute atomic E-state index is 0.108. The van der Waals surface area contributed by atoms with E-state index in [1.165, 1.54) is 0 Å². The molecule has 0 amide bonds. The number of fused-ring (bicyclic) bond motifs is 1. The van der Waals surface area contributed by atoms with Crippen LogP contribution in [0, 0.1) is 13.8 Å². The first-order chi connectivity index (χ1) is 13.9. The normalized spacial score (nSPS) is 14.0. The van der Waals surface area contributed by atoms with Crippen molar-refractivity contribution >= 4 is 33.6 Å². The van der Waals surface area contributed by atoms with Gasteiger partial charge in [-0.1, -0.05) is 28.1 Å². The van der Waals surface area contributed by atoms with Crippen LogP contribution in [0.15, 0.2) is 63.2 Å². The van der Waals surface area contributed by atoms with Crippen molar-refractivity contribution in [2.24, 2.45) is 0 Å². The molecule has 0 aliphatic carbocycles. The summed E-state index contributed by atoms with van der Waals surface area (Å²) < 4.78 is 17.9. The molecule has 0 saturated carbocycles. The monoisotopic (exact) mass is 452 g/mol. The van der Waals surface area contributed by atoms with Crippen LogP contribution in [0.3, 0.4) is 0 Å². The van der Waals surface area contributed by atoms with Gasteiger partial charge < -0.3 is 13.9 Å². The van der Waals surface area contributed by atoms with Crippen LogP contribution in [0.1, 0.15) is 37.8 Å². The minimum atomic E-state index is -0.213. The number of ketones is 2. The summed E-state index contributed by atoms with van der Waals surface area (Å²) in [6.07, 6.45) is 1.58. The number of benzene rings is 2. The van der Waals surface area contributed by atoms with Gasteiger partial charge in [0.15, 0.2) is 18.1 Å². The number of Topliss-reactive ketones (excluding diaryl/α,β-unsaturated/α-hetero) is 2.